The quantitative estimate of drug-likeness (QED) is 0.265. The Morgan fingerprint density at radius 3 is 2.72 bits per heavy atom. The van der Waals surface area contributed by atoms with E-state index in [9.17, 15) is 19.5 Å². The summed E-state index contributed by atoms with van der Waals surface area (Å²) in [7, 11) is 0. The number of nitrogens with zero attached hydrogens (tertiary/aromatic N) is 2. The highest BCUT2D eigenvalue weighted by Crippen LogP contribution is 2.65. The largest absolute Gasteiger partial charge is 0.514 e. The number of hydrogen-bond donors (Lipinski definition) is 1. The number of halogens is 1. The van der Waals surface area contributed by atoms with Crippen LogP contribution in [0.5, 0.6) is 11.5 Å². The van der Waals surface area contributed by atoms with Crippen LogP contribution >= 0.6 is 11.6 Å². The summed E-state index contributed by atoms with van der Waals surface area (Å²) >= 11 is 6.14. The van der Waals surface area contributed by atoms with Gasteiger partial charge in [-0.2, -0.15) is 0 Å². The molecule has 1 N–H and O–H groups in total. The van der Waals surface area contributed by atoms with Gasteiger partial charge >= 0.3 is 11.9 Å². The number of aromatic nitrogens is 1. The van der Waals surface area contributed by atoms with Gasteiger partial charge < -0.3 is 23.7 Å². The fourth-order valence-corrected chi connectivity index (χ4v) is 8.74. The van der Waals surface area contributed by atoms with Crippen molar-refractivity contribution in [1.29, 1.82) is 0 Å². The molecule has 2 saturated carbocycles. The summed E-state index contributed by atoms with van der Waals surface area (Å²) in [6, 6.07) is 10.5. The first-order valence-electron chi connectivity index (χ1n) is 15.6. The smallest absolute Gasteiger partial charge is 0.477 e. The minimum atomic E-state index is -1.10. The zero-order valence-electron chi connectivity index (χ0n) is 25.4. The number of carbonyl (C=O) groups excluding carboxylic acids is 2. The van der Waals surface area contributed by atoms with Gasteiger partial charge in [0.2, 0.25) is 0 Å². The van der Waals surface area contributed by atoms with Gasteiger partial charge in [-0.3, -0.25) is 14.3 Å². The summed E-state index contributed by atoms with van der Waals surface area (Å²) in [5, 5.41) is 12.8. The molecule has 1 spiro atoms. The first-order valence-corrected chi connectivity index (χ1v) is 16.0. The van der Waals surface area contributed by atoms with Gasteiger partial charge in [0.05, 0.1) is 22.2 Å². The van der Waals surface area contributed by atoms with Crippen molar-refractivity contribution in [1.82, 2.24) is 9.47 Å². The Balaban J connectivity index is 0.00000338. The molecule has 46 heavy (non-hydrogen) atoms. The summed E-state index contributed by atoms with van der Waals surface area (Å²) in [4.78, 5) is 41.7. The third kappa shape index (κ3) is 4.33. The van der Waals surface area contributed by atoms with Gasteiger partial charge in [-0.15, -0.1) is 0 Å². The highest BCUT2D eigenvalue weighted by molar-refractivity contribution is 6.30. The van der Waals surface area contributed by atoms with Crippen molar-refractivity contribution < 1.29 is 33.3 Å². The second-order valence-corrected chi connectivity index (χ2v) is 14.4. The molecule has 8 rings (SSSR count). The maximum absolute atomic E-state index is 13.3. The van der Waals surface area contributed by atoms with E-state index < -0.39 is 34.6 Å². The van der Waals surface area contributed by atoms with E-state index in [1.807, 2.05) is 6.07 Å². The third-order valence-electron chi connectivity index (χ3n) is 10.7. The van der Waals surface area contributed by atoms with Crippen LogP contribution in [0, 0.1) is 12.8 Å². The molecule has 4 atom stereocenters. The normalized spacial score (nSPS) is 27.5. The molecule has 0 amide bonds. The molecular formula is C35H39ClN2O8. The molecule has 0 radical (unpaired) electrons. The van der Waals surface area contributed by atoms with Crippen LogP contribution in [0.4, 0.5) is 4.79 Å². The molecule has 3 fully saturated rings. The van der Waals surface area contributed by atoms with Gasteiger partial charge in [-0.25, -0.2) is 9.59 Å². The Kier molecular flexibility index (Phi) is 7.05. The monoisotopic (exact) mass is 650 g/mol. The number of Topliss-reactive ketones (excluding diaryl/α,β-unsaturated/α-hetero) is 1. The van der Waals surface area contributed by atoms with Gasteiger partial charge in [-0.05, 0) is 76.1 Å². The molecule has 3 aromatic rings. The zero-order valence-corrected chi connectivity index (χ0v) is 26.2. The van der Waals surface area contributed by atoms with Crippen LogP contribution in [0.1, 0.15) is 63.8 Å². The van der Waals surface area contributed by atoms with Crippen LogP contribution in [0.25, 0.3) is 11.3 Å². The number of hydrogen-bond acceptors (Lipinski definition) is 9. The number of rotatable bonds is 7. The molecule has 5 aliphatic rings. The molecule has 244 valence electrons. The third-order valence-corrected chi connectivity index (χ3v) is 10.9. The molecule has 2 aromatic carbocycles. The van der Waals surface area contributed by atoms with Gasteiger partial charge in [-0.1, -0.05) is 37.2 Å². The van der Waals surface area contributed by atoms with E-state index >= 15 is 0 Å². The van der Waals surface area contributed by atoms with Crippen LogP contribution in [-0.2, 0) is 26.9 Å². The lowest BCUT2D eigenvalue weighted by Gasteiger charge is -2.50. The summed E-state index contributed by atoms with van der Waals surface area (Å²) in [5.74, 6) is 0.867. The molecule has 2 bridgehead atoms. The van der Waals surface area contributed by atoms with E-state index in [1.54, 1.807) is 51.1 Å². The van der Waals surface area contributed by atoms with Crippen molar-refractivity contribution in [2.75, 3.05) is 19.7 Å². The zero-order chi connectivity index (χ0) is 31.5. The highest BCUT2D eigenvalue weighted by Gasteiger charge is 2.76. The molecule has 11 heteroatoms. The van der Waals surface area contributed by atoms with Crippen molar-refractivity contribution in [2.45, 2.75) is 89.0 Å². The van der Waals surface area contributed by atoms with Crippen molar-refractivity contribution in [2.24, 2.45) is 5.92 Å². The molecule has 1 aromatic heterocycles. The lowest BCUT2D eigenvalue weighted by molar-refractivity contribution is -0.147. The molecule has 1 unspecified atom stereocenters. The van der Waals surface area contributed by atoms with Crippen molar-refractivity contribution in [3.8, 4) is 22.8 Å². The highest BCUT2D eigenvalue weighted by atomic mass is 35.5. The number of ether oxygens (including phenoxy) is 3. The van der Waals surface area contributed by atoms with E-state index in [0.717, 1.165) is 17.7 Å². The van der Waals surface area contributed by atoms with Crippen molar-refractivity contribution in [3.63, 3.8) is 0 Å². The van der Waals surface area contributed by atoms with E-state index in [2.05, 4.69) is 4.90 Å². The van der Waals surface area contributed by atoms with Crippen molar-refractivity contribution in [3.05, 3.63) is 68.8 Å². The number of aliphatic hydroxyl groups is 1. The minimum Gasteiger partial charge on any atom is -0.477 e. The Bertz CT molecular complexity index is 1820. The van der Waals surface area contributed by atoms with Crippen LogP contribution in [0.3, 0.4) is 0 Å². The van der Waals surface area contributed by atoms with E-state index in [-0.39, 0.29) is 38.0 Å². The van der Waals surface area contributed by atoms with Gasteiger partial charge in [0, 0.05) is 41.7 Å². The SMILES string of the molecule is C.Cc1c(-c2cccc(Cl)c2)oc(=O)n1C(C)(C)COC(=O)Oc1ccc2c3c1OC1C(=O)CC[C@@]4(O)[C@@H](C2)N(CC2CC2)C[C@]314. The maximum atomic E-state index is 13.3. The summed E-state index contributed by atoms with van der Waals surface area (Å²) in [5.41, 5.74) is 0.0553. The van der Waals surface area contributed by atoms with E-state index in [4.69, 9.17) is 30.2 Å². The second-order valence-electron chi connectivity index (χ2n) is 14.0. The van der Waals surface area contributed by atoms with Gasteiger partial charge in [0.25, 0.3) is 0 Å². The summed E-state index contributed by atoms with van der Waals surface area (Å²) in [6.45, 7) is 6.53. The molecule has 1 saturated heterocycles. The fraction of sp³-hybridized carbons (Fsp3) is 0.514. The fourth-order valence-electron chi connectivity index (χ4n) is 8.55. The van der Waals surface area contributed by atoms with Crippen LogP contribution in [0.2, 0.25) is 5.02 Å². The average molecular weight is 651 g/mol. The molecule has 2 aliphatic heterocycles. The predicted octanol–water partition coefficient (Wildman–Crippen LogP) is 5.40. The Morgan fingerprint density at radius 1 is 1.20 bits per heavy atom. The molecule has 3 heterocycles. The Morgan fingerprint density at radius 2 is 1.98 bits per heavy atom. The maximum Gasteiger partial charge on any atom is 0.514 e. The lowest BCUT2D eigenvalue weighted by Crippen LogP contribution is -2.66. The van der Waals surface area contributed by atoms with E-state index in [0.29, 0.717) is 53.1 Å². The van der Waals surface area contributed by atoms with Gasteiger partial charge in [0.1, 0.15) is 6.61 Å². The average Bonchev–Trinajstić information content (AvgIpc) is 3.62. The summed E-state index contributed by atoms with van der Waals surface area (Å²) in [6.07, 6.45) is 1.87. The molecule has 3 aliphatic carbocycles. The molecular weight excluding hydrogens is 612 g/mol. The molecule has 10 nitrogen and oxygen atoms in total. The Hall–Kier alpha value is -3.60. The Labute approximate surface area is 272 Å². The number of ketones is 1. The second kappa shape index (κ2) is 10.5. The van der Waals surface area contributed by atoms with Gasteiger partial charge in [0.15, 0.2) is 29.1 Å². The number of benzene rings is 2. The lowest BCUT2D eigenvalue weighted by atomic mass is 9.54. The van der Waals surface area contributed by atoms with Crippen molar-refractivity contribution >= 4 is 23.5 Å². The first kappa shape index (κ1) is 31.0. The number of likely N-dealkylation sites (tertiary alicyclic amines) is 1. The standard InChI is InChI=1S/C34H35ClN2O8.CH4/c1-18-27(21-5-4-6-22(35)13-21)45-30(39)37(18)32(2,3)17-42-31(40)43-24-10-9-20-14-25-34(41)12-11-23(38)29-33(34,26(20)28(24)44-29)16-36(25)15-19-7-8-19;/h4-6,9-10,13,19,25,29,41H,7-8,11-12,14-17H2,1-3H3;1H4/t25-,29?,33+,34-;/m1./s1. The number of carbonyl (C=O) groups is 2. The van der Waals surface area contributed by atoms with Crippen LogP contribution in [-0.4, -0.2) is 64.0 Å². The topological polar surface area (TPSA) is 120 Å². The predicted molar refractivity (Wildman–Crippen MR) is 170 cm³/mol. The van der Waals surface area contributed by atoms with Crippen LogP contribution in [0.15, 0.2) is 45.6 Å². The van der Waals surface area contributed by atoms with E-state index in [1.165, 1.54) is 17.4 Å². The number of oxazole rings is 1. The van der Waals surface area contributed by atoms with Crippen LogP contribution < -0.4 is 15.2 Å². The minimum absolute atomic E-state index is 0. The first-order chi connectivity index (χ1) is 21.4. The summed E-state index contributed by atoms with van der Waals surface area (Å²) < 4.78 is 24.7.